The number of ketones is 1. The molecule has 104 valence electrons. The molecule has 0 aliphatic carbocycles. The van der Waals surface area contributed by atoms with Crippen LogP contribution in [0.1, 0.15) is 6.42 Å². The minimum atomic E-state index is -0.364. The Bertz CT molecular complexity index is 581. The minimum absolute atomic E-state index is 0.0218. The average molecular weight is 274 g/mol. The molecule has 1 aromatic rings. The van der Waals surface area contributed by atoms with E-state index in [2.05, 4.69) is 0 Å². The van der Waals surface area contributed by atoms with E-state index in [9.17, 15) is 14.8 Å². The molecule has 1 aromatic heterocycles. The van der Waals surface area contributed by atoms with Crippen molar-refractivity contribution in [3.05, 3.63) is 41.9 Å². The van der Waals surface area contributed by atoms with Crippen LogP contribution in [-0.4, -0.2) is 30.9 Å². The second-order valence-corrected chi connectivity index (χ2v) is 4.96. The molecule has 0 radical (unpaired) electrons. The normalized spacial score (nSPS) is 27.8. The van der Waals surface area contributed by atoms with Crippen molar-refractivity contribution in [2.24, 2.45) is 5.92 Å². The summed E-state index contributed by atoms with van der Waals surface area (Å²) in [6, 6.07) is 2.74. The maximum Gasteiger partial charge on any atom is 0.311 e. The molecule has 0 saturated carbocycles. The fourth-order valence-corrected chi connectivity index (χ4v) is 3.00. The molecule has 0 aromatic carbocycles. The Kier molecular flexibility index (Phi) is 2.93. The van der Waals surface area contributed by atoms with Crippen molar-refractivity contribution >= 4 is 17.4 Å². The smallest absolute Gasteiger partial charge is 0.311 e. The lowest BCUT2D eigenvalue weighted by Crippen LogP contribution is -2.44. The van der Waals surface area contributed by atoms with Crippen LogP contribution in [0.5, 0.6) is 0 Å². The Hall–Kier alpha value is -2.37. The first-order valence-electron chi connectivity index (χ1n) is 6.39. The highest BCUT2D eigenvalue weighted by Gasteiger charge is 2.48. The molecular formula is C14H14N2O4. The van der Waals surface area contributed by atoms with Gasteiger partial charge in [-0.1, -0.05) is 6.08 Å². The maximum absolute atomic E-state index is 12.0. The Balaban J connectivity index is 1.98. The molecule has 2 aliphatic rings. The maximum atomic E-state index is 12.0. The molecule has 3 heterocycles. The van der Waals surface area contributed by atoms with E-state index < -0.39 is 0 Å². The van der Waals surface area contributed by atoms with Gasteiger partial charge in [0.05, 0.1) is 25.1 Å². The predicted molar refractivity (Wildman–Crippen MR) is 69.7 cm³/mol. The van der Waals surface area contributed by atoms with Crippen molar-refractivity contribution in [2.45, 2.75) is 18.5 Å². The van der Waals surface area contributed by atoms with Gasteiger partial charge in [0, 0.05) is 17.8 Å². The van der Waals surface area contributed by atoms with E-state index >= 15 is 0 Å². The van der Waals surface area contributed by atoms with Gasteiger partial charge in [0.1, 0.15) is 0 Å². The van der Waals surface area contributed by atoms with E-state index in [4.69, 9.17) is 4.74 Å². The Labute approximate surface area is 115 Å². The van der Waals surface area contributed by atoms with E-state index in [0.717, 1.165) is 5.69 Å². The van der Waals surface area contributed by atoms with Gasteiger partial charge in [-0.25, -0.2) is 0 Å². The lowest BCUT2D eigenvalue weighted by atomic mass is 10.0. The zero-order valence-corrected chi connectivity index (χ0v) is 10.9. The number of rotatable bonds is 2. The van der Waals surface area contributed by atoms with E-state index in [-0.39, 0.29) is 29.8 Å². The highest BCUT2D eigenvalue weighted by molar-refractivity contribution is 6.00. The van der Waals surface area contributed by atoms with Crippen molar-refractivity contribution in [1.29, 1.82) is 0 Å². The third-order valence-electron chi connectivity index (χ3n) is 3.92. The van der Waals surface area contributed by atoms with Gasteiger partial charge in [0.15, 0.2) is 18.2 Å². The summed E-state index contributed by atoms with van der Waals surface area (Å²) in [5, 5.41) is 11.1. The van der Waals surface area contributed by atoms with Crippen LogP contribution in [0.2, 0.25) is 0 Å². The van der Waals surface area contributed by atoms with Gasteiger partial charge in [-0.3, -0.25) is 9.59 Å². The van der Waals surface area contributed by atoms with Crippen molar-refractivity contribution in [3.63, 3.8) is 0 Å². The van der Waals surface area contributed by atoms with Gasteiger partial charge in [0.2, 0.25) is 0 Å². The number of pyridine rings is 1. The number of methoxy groups -OCH3 is 1. The molecule has 1 fully saturated rings. The van der Waals surface area contributed by atoms with E-state index in [1.54, 1.807) is 18.2 Å². The molecule has 0 amide bonds. The number of esters is 1. The van der Waals surface area contributed by atoms with E-state index in [1.165, 1.54) is 25.6 Å². The molecule has 20 heavy (non-hydrogen) atoms. The Morgan fingerprint density at radius 3 is 2.80 bits per heavy atom. The molecular weight excluding hydrogens is 260 g/mol. The van der Waals surface area contributed by atoms with Crippen LogP contribution < -0.4 is 9.63 Å². The van der Waals surface area contributed by atoms with Gasteiger partial charge in [-0.2, -0.15) is 4.73 Å². The summed E-state index contributed by atoms with van der Waals surface area (Å²) < 4.78 is 5.50. The number of hydrogen-bond acceptors (Lipinski definition) is 5. The van der Waals surface area contributed by atoms with Gasteiger partial charge >= 0.3 is 5.97 Å². The van der Waals surface area contributed by atoms with Crippen molar-refractivity contribution in [2.75, 3.05) is 12.0 Å². The highest BCUT2D eigenvalue weighted by atomic mass is 16.5. The van der Waals surface area contributed by atoms with Crippen LogP contribution in [-0.2, 0) is 14.3 Å². The molecule has 0 spiro atoms. The fourth-order valence-electron chi connectivity index (χ4n) is 3.00. The third kappa shape index (κ3) is 1.84. The molecule has 3 unspecified atom stereocenters. The lowest BCUT2D eigenvalue weighted by molar-refractivity contribution is -0.605. The number of anilines is 1. The minimum Gasteiger partial charge on any atom is -0.619 e. The summed E-state index contributed by atoms with van der Waals surface area (Å²) in [5.41, 5.74) is 0.760. The summed E-state index contributed by atoms with van der Waals surface area (Å²) >= 11 is 0. The van der Waals surface area contributed by atoms with Crippen LogP contribution >= 0.6 is 0 Å². The second-order valence-electron chi connectivity index (χ2n) is 4.96. The monoisotopic (exact) mass is 274 g/mol. The molecule has 2 bridgehead atoms. The average Bonchev–Trinajstić information content (AvgIpc) is 2.75. The zero-order valence-electron chi connectivity index (χ0n) is 10.9. The van der Waals surface area contributed by atoms with Crippen LogP contribution in [0.25, 0.3) is 0 Å². The summed E-state index contributed by atoms with van der Waals surface area (Å²) in [6.45, 7) is 0. The molecule has 3 rings (SSSR count). The summed E-state index contributed by atoms with van der Waals surface area (Å²) in [5.74, 6) is -0.685. The second kappa shape index (κ2) is 4.63. The number of aromatic nitrogens is 1. The first-order chi connectivity index (χ1) is 9.61. The molecule has 3 atom stereocenters. The first-order valence-corrected chi connectivity index (χ1v) is 6.39. The molecule has 2 aliphatic heterocycles. The van der Waals surface area contributed by atoms with Crippen molar-refractivity contribution < 1.29 is 19.1 Å². The SMILES string of the molecule is COC(=O)C1CC2C(=O)C=CC1N2c1cc[n+]([O-])cc1. The molecule has 0 N–H and O–H groups in total. The number of carbonyl (C=O) groups excluding carboxylic acids is 2. The van der Waals surface area contributed by atoms with Crippen LogP contribution in [0.4, 0.5) is 5.69 Å². The predicted octanol–water partition coefficient (Wildman–Crippen LogP) is 0.195. The zero-order chi connectivity index (χ0) is 14.3. The third-order valence-corrected chi connectivity index (χ3v) is 3.92. The van der Waals surface area contributed by atoms with Gasteiger partial charge in [-0.05, 0) is 12.5 Å². The Morgan fingerprint density at radius 1 is 1.45 bits per heavy atom. The molecule has 6 nitrogen and oxygen atoms in total. The number of fused-ring (bicyclic) bond motifs is 2. The van der Waals surface area contributed by atoms with Crippen LogP contribution in [0.15, 0.2) is 36.7 Å². The molecule has 6 heteroatoms. The summed E-state index contributed by atoms with van der Waals surface area (Å²) in [7, 11) is 1.35. The standard InChI is InChI=1S/C14H14N2O4/c1-20-14(18)10-8-12-13(17)3-2-11(10)16(12)9-4-6-15(19)7-5-9/h2-7,10-12H,8H2,1H3. The van der Waals surface area contributed by atoms with Gasteiger partial charge in [-0.15, -0.1) is 0 Å². The number of ether oxygens (including phenoxy) is 1. The summed E-state index contributed by atoms with van der Waals surface area (Å²) in [4.78, 5) is 25.8. The lowest BCUT2D eigenvalue weighted by Gasteiger charge is -2.32. The largest absolute Gasteiger partial charge is 0.619 e. The van der Waals surface area contributed by atoms with Gasteiger partial charge < -0.3 is 14.8 Å². The summed E-state index contributed by atoms with van der Waals surface area (Å²) in [6.07, 6.45) is 6.47. The van der Waals surface area contributed by atoms with Crippen LogP contribution in [0, 0.1) is 11.1 Å². The van der Waals surface area contributed by atoms with Crippen molar-refractivity contribution in [1.82, 2.24) is 0 Å². The quantitative estimate of drug-likeness (QED) is 0.437. The van der Waals surface area contributed by atoms with Crippen LogP contribution in [0.3, 0.4) is 0 Å². The highest BCUT2D eigenvalue weighted by Crippen LogP contribution is 2.38. The number of carbonyl (C=O) groups is 2. The van der Waals surface area contributed by atoms with E-state index in [0.29, 0.717) is 11.2 Å². The fraction of sp³-hybridized carbons (Fsp3) is 0.357. The van der Waals surface area contributed by atoms with E-state index in [1.807, 2.05) is 4.90 Å². The number of nitrogens with zero attached hydrogens (tertiary/aromatic N) is 2. The first kappa shape index (κ1) is 12.7. The van der Waals surface area contributed by atoms with Gasteiger partial charge in [0.25, 0.3) is 0 Å². The topological polar surface area (TPSA) is 73.6 Å². The molecule has 1 saturated heterocycles. The Morgan fingerprint density at radius 2 is 2.15 bits per heavy atom. The van der Waals surface area contributed by atoms with Crippen molar-refractivity contribution in [3.8, 4) is 0 Å². The number of hydrogen-bond donors (Lipinski definition) is 0.